The Labute approximate surface area is 88.1 Å². The molecule has 2 N–H and O–H groups in total. The Morgan fingerprint density at radius 1 is 1.33 bits per heavy atom. The molecule has 0 spiro atoms. The van der Waals surface area contributed by atoms with Crippen LogP contribution in [0, 0.1) is 0 Å². The number of carbonyl (C=O) groups is 1. The summed E-state index contributed by atoms with van der Waals surface area (Å²) in [4.78, 5) is 10.6. The van der Waals surface area contributed by atoms with Crippen molar-refractivity contribution in [1.29, 1.82) is 0 Å². The number of rotatable bonds is 4. The van der Waals surface area contributed by atoms with Crippen LogP contribution in [0.4, 0.5) is 0 Å². The van der Waals surface area contributed by atoms with Crippen LogP contribution in [-0.4, -0.2) is 29.4 Å². The zero-order valence-electron chi connectivity index (χ0n) is 8.68. The molecule has 82 valence electrons. The van der Waals surface area contributed by atoms with Gasteiger partial charge in [0.05, 0.1) is 7.11 Å². The van der Waals surface area contributed by atoms with Gasteiger partial charge in [-0.1, -0.05) is 19.1 Å². The molecule has 4 heteroatoms. The largest absolute Gasteiger partial charge is 0.497 e. The summed E-state index contributed by atoms with van der Waals surface area (Å²) in [5.41, 5.74) is 0.769. The molecule has 4 nitrogen and oxygen atoms in total. The normalized spacial score (nSPS) is 14.3. The Morgan fingerprint density at radius 3 is 2.27 bits per heavy atom. The van der Waals surface area contributed by atoms with E-state index in [1.807, 2.05) is 0 Å². The number of hydrogen-bond acceptors (Lipinski definition) is 3. The predicted molar refractivity (Wildman–Crippen MR) is 55.1 cm³/mol. The maximum atomic E-state index is 10.6. The van der Waals surface area contributed by atoms with Crippen molar-refractivity contribution in [1.82, 2.24) is 0 Å². The standard InChI is InChI=1S/C11H14O4/c1-7(10(12)11(13)14)8-3-5-9(15-2)6-4-8/h3-7,10,12H,1-2H3,(H,13,14). The lowest BCUT2D eigenvalue weighted by atomic mass is 9.95. The molecule has 15 heavy (non-hydrogen) atoms. The molecule has 0 radical (unpaired) electrons. The van der Waals surface area contributed by atoms with E-state index in [4.69, 9.17) is 9.84 Å². The second-order valence-corrected chi connectivity index (χ2v) is 3.34. The van der Waals surface area contributed by atoms with Crippen molar-refractivity contribution in [3.05, 3.63) is 29.8 Å². The summed E-state index contributed by atoms with van der Waals surface area (Å²) in [6.45, 7) is 1.67. The highest BCUT2D eigenvalue weighted by atomic mass is 16.5. The van der Waals surface area contributed by atoms with Gasteiger partial charge in [-0.3, -0.25) is 0 Å². The lowest BCUT2D eigenvalue weighted by Gasteiger charge is -2.15. The van der Waals surface area contributed by atoms with Gasteiger partial charge in [-0.2, -0.15) is 0 Å². The van der Waals surface area contributed by atoms with Gasteiger partial charge in [0.15, 0.2) is 6.10 Å². The minimum Gasteiger partial charge on any atom is -0.497 e. The first-order chi connectivity index (χ1) is 7.06. The second-order valence-electron chi connectivity index (χ2n) is 3.34. The van der Waals surface area contributed by atoms with Gasteiger partial charge in [0.25, 0.3) is 0 Å². The van der Waals surface area contributed by atoms with Crippen LogP contribution in [0.5, 0.6) is 5.75 Å². The van der Waals surface area contributed by atoms with Crippen molar-refractivity contribution in [3.8, 4) is 5.75 Å². The highest BCUT2D eigenvalue weighted by molar-refractivity contribution is 5.73. The van der Waals surface area contributed by atoms with Crippen LogP contribution in [0.3, 0.4) is 0 Å². The number of carboxylic acids is 1. The van der Waals surface area contributed by atoms with E-state index in [0.29, 0.717) is 5.75 Å². The fourth-order valence-electron chi connectivity index (χ4n) is 1.30. The van der Waals surface area contributed by atoms with Gasteiger partial charge in [-0.05, 0) is 17.7 Å². The average Bonchev–Trinajstić information content (AvgIpc) is 2.27. The summed E-state index contributed by atoms with van der Waals surface area (Å²) in [6.07, 6.45) is -1.38. The van der Waals surface area contributed by atoms with Crippen LogP contribution >= 0.6 is 0 Å². The Morgan fingerprint density at radius 2 is 1.87 bits per heavy atom. The Balaban J connectivity index is 2.82. The average molecular weight is 210 g/mol. The Hall–Kier alpha value is -1.55. The summed E-state index contributed by atoms with van der Waals surface area (Å²) in [6, 6.07) is 6.96. The van der Waals surface area contributed by atoms with Crippen molar-refractivity contribution in [2.75, 3.05) is 7.11 Å². The summed E-state index contributed by atoms with van der Waals surface area (Å²) >= 11 is 0. The number of methoxy groups -OCH3 is 1. The molecule has 0 saturated carbocycles. The summed E-state index contributed by atoms with van der Waals surface area (Å²) in [7, 11) is 1.56. The third-order valence-electron chi connectivity index (χ3n) is 2.37. The van der Waals surface area contributed by atoms with Gasteiger partial charge in [0.1, 0.15) is 5.75 Å². The van der Waals surface area contributed by atoms with E-state index >= 15 is 0 Å². The van der Waals surface area contributed by atoms with E-state index in [0.717, 1.165) is 5.56 Å². The molecule has 0 aliphatic heterocycles. The van der Waals surface area contributed by atoms with Crippen molar-refractivity contribution < 1.29 is 19.7 Å². The summed E-state index contributed by atoms with van der Waals surface area (Å²) < 4.78 is 4.98. The molecule has 0 aromatic heterocycles. The van der Waals surface area contributed by atoms with E-state index in [1.165, 1.54) is 0 Å². The molecule has 0 bridgehead atoms. The molecule has 0 amide bonds. The third kappa shape index (κ3) is 2.70. The predicted octanol–water partition coefficient (Wildman–Crippen LogP) is 1.24. The van der Waals surface area contributed by atoms with Crippen LogP contribution in [0.25, 0.3) is 0 Å². The van der Waals surface area contributed by atoms with E-state index in [2.05, 4.69) is 0 Å². The SMILES string of the molecule is COc1ccc(C(C)C(O)C(=O)O)cc1. The van der Waals surface area contributed by atoms with Gasteiger partial charge < -0.3 is 14.9 Å². The molecular weight excluding hydrogens is 196 g/mol. The van der Waals surface area contributed by atoms with Gasteiger partial charge in [0, 0.05) is 5.92 Å². The number of aliphatic hydroxyl groups is 1. The molecule has 0 aliphatic rings. The van der Waals surface area contributed by atoms with Crippen LogP contribution in [0.2, 0.25) is 0 Å². The molecule has 2 atom stereocenters. The number of hydrogen-bond donors (Lipinski definition) is 2. The molecule has 1 aromatic carbocycles. The fourth-order valence-corrected chi connectivity index (χ4v) is 1.30. The zero-order chi connectivity index (χ0) is 11.4. The molecule has 0 fully saturated rings. The van der Waals surface area contributed by atoms with E-state index in [-0.39, 0.29) is 0 Å². The van der Waals surface area contributed by atoms with E-state index in [1.54, 1.807) is 38.3 Å². The summed E-state index contributed by atoms with van der Waals surface area (Å²) in [5, 5.41) is 18.0. The van der Waals surface area contributed by atoms with Gasteiger partial charge >= 0.3 is 5.97 Å². The second kappa shape index (κ2) is 4.79. The van der Waals surface area contributed by atoms with Crippen LogP contribution in [0.15, 0.2) is 24.3 Å². The molecular formula is C11H14O4. The number of carboxylic acid groups (broad SMARTS) is 1. The number of benzene rings is 1. The Kier molecular flexibility index (Phi) is 3.68. The maximum absolute atomic E-state index is 10.6. The van der Waals surface area contributed by atoms with E-state index in [9.17, 15) is 9.90 Å². The molecule has 0 saturated heterocycles. The van der Waals surface area contributed by atoms with Crippen molar-refractivity contribution in [2.24, 2.45) is 0 Å². The molecule has 1 rings (SSSR count). The van der Waals surface area contributed by atoms with E-state index < -0.39 is 18.0 Å². The zero-order valence-corrected chi connectivity index (χ0v) is 8.68. The first kappa shape index (κ1) is 11.5. The highest BCUT2D eigenvalue weighted by Crippen LogP contribution is 2.22. The summed E-state index contributed by atoms with van der Waals surface area (Å²) in [5.74, 6) is -0.942. The lowest BCUT2D eigenvalue weighted by molar-refractivity contribution is -0.147. The smallest absolute Gasteiger partial charge is 0.333 e. The number of aliphatic hydroxyl groups excluding tert-OH is 1. The molecule has 1 aromatic rings. The molecule has 0 aliphatic carbocycles. The first-order valence-electron chi connectivity index (χ1n) is 4.61. The maximum Gasteiger partial charge on any atom is 0.333 e. The minimum absolute atomic E-state index is 0.437. The van der Waals surface area contributed by atoms with Crippen molar-refractivity contribution in [3.63, 3.8) is 0 Å². The highest BCUT2D eigenvalue weighted by Gasteiger charge is 2.22. The Bertz CT molecular complexity index is 331. The van der Waals surface area contributed by atoms with Crippen LogP contribution in [-0.2, 0) is 4.79 Å². The minimum atomic E-state index is -1.38. The first-order valence-corrected chi connectivity index (χ1v) is 4.61. The van der Waals surface area contributed by atoms with Gasteiger partial charge in [-0.25, -0.2) is 4.79 Å². The third-order valence-corrected chi connectivity index (χ3v) is 2.37. The van der Waals surface area contributed by atoms with Gasteiger partial charge in [-0.15, -0.1) is 0 Å². The van der Waals surface area contributed by atoms with Gasteiger partial charge in [0.2, 0.25) is 0 Å². The monoisotopic (exact) mass is 210 g/mol. The topological polar surface area (TPSA) is 66.8 Å². The fraction of sp³-hybridized carbons (Fsp3) is 0.364. The van der Waals surface area contributed by atoms with Crippen LogP contribution < -0.4 is 4.74 Å². The number of ether oxygens (including phenoxy) is 1. The quantitative estimate of drug-likeness (QED) is 0.784. The molecule has 2 unspecified atom stereocenters. The number of aliphatic carboxylic acids is 1. The van der Waals surface area contributed by atoms with Crippen LogP contribution in [0.1, 0.15) is 18.4 Å². The van der Waals surface area contributed by atoms with Crippen molar-refractivity contribution in [2.45, 2.75) is 18.9 Å². The molecule has 0 heterocycles. The van der Waals surface area contributed by atoms with Crippen molar-refractivity contribution >= 4 is 5.97 Å². The lowest BCUT2D eigenvalue weighted by Crippen LogP contribution is -2.25.